The van der Waals surface area contributed by atoms with Crippen molar-refractivity contribution in [2.75, 3.05) is 18.0 Å². The van der Waals surface area contributed by atoms with Gasteiger partial charge < -0.3 is 10.0 Å². The van der Waals surface area contributed by atoms with E-state index in [1.165, 1.54) is 0 Å². The molecular weight excluding hydrogens is 250 g/mol. The van der Waals surface area contributed by atoms with Gasteiger partial charge in [0.2, 0.25) is 0 Å². The van der Waals surface area contributed by atoms with Crippen molar-refractivity contribution in [2.45, 2.75) is 26.7 Å². The summed E-state index contributed by atoms with van der Waals surface area (Å²) in [6.45, 7) is 5.09. The normalized spacial score (nSPS) is 10.7. The van der Waals surface area contributed by atoms with Crippen molar-refractivity contribution in [1.29, 1.82) is 0 Å². The van der Waals surface area contributed by atoms with Crippen molar-refractivity contribution in [1.82, 2.24) is 0 Å². The van der Waals surface area contributed by atoms with E-state index in [4.69, 9.17) is 16.7 Å². The van der Waals surface area contributed by atoms with Crippen molar-refractivity contribution >= 4 is 23.3 Å². The molecule has 1 rings (SSSR count). The maximum Gasteiger partial charge on any atom is 0.323 e. The largest absolute Gasteiger partial charge is 0.480 e. The van der Waals surface area contributed by atoms with Gasteiger partial charge in [0.15, 0.2) is 0 Å². The van der Waals surface area contributed by atoms with E-state index in [1.807, 2.05) is 17.0 Å². The molecular formula is C14H20ClNO2. The minimum atomic E-state index is -0.820. The molecule has 0 heterocycles. The number of nitrogens with zero attached hydrogens (tertiary/aromatic N) is 1. The van der Waals surface area contributed by atoms with Crippen LogP contribution in [0, 0.1) is 5.92 Å². The molecule has 0 radical (unpaired) electrons. The first-order valence-electron chi connectivity index (χ1n) is 6.21. The summed E-state index contributed by atoms with van der Waals surface area (Å²) in [5, 5.41) is 9.58. The Labute approximate surface area is 113 Å². The lowest BCUT2D eigenvalue weighted by atomic mass is 10.1. The van der Waals surface area contributed by atoms with Crippen LogP contribution in [0.5, 0.6) is 0 Å². The second-order valence-electron chi connectivity index (χ2n) is 4.83. The van der Waals surface area contributed by atoms with E-state index in [1.54, 1.807) is 12.1 Å². The van der Waals surface area contributed by atoms with E-state index in [9.17, 15) is 4.79 Å². The highest BCUT2D eigenvalue weighted by Gasteiger charge is 2.11. The Morgan fingerprint density at radius 3 is 2.72 bits per heavy atom. The van der Waals surface area contributed by atoms with Crippen LogP contribution in [0.2, 0.25) is 5.02 Å². The quantitative estimate of drug-likeness (QED) is 0.821. The summed E-state index contributed by atoms with van der Waals surface area (Å²) in [5.74, 6) is -0.185. The molecule has 0 atom stereocenters. The summed E-state index contributed by atoms with van der Waals surface area (Å²) in [7, 11) is 0. The Kier molecular flexibility index (Phi) is 5.99. The lowest BCUT2D eigenvalue weighted by molar-refractivity contribution is -0.135. The van der Waals surface area contributed by atoms with Crippen LogP contribution in [0.1, 0.15) is 26.7 Å². The third-order valence-corrected chi connectivity index (χ3v) is 2.94. The molecule has 0 fully saturated rings. The summed E-state index contributed by atoms with van der Waals surface area (Å²) >= 11 is 5.94. The highest BCUT2D eigenvalue weighted by molar-refractivity contribution is 6.30. The molecule has 0 aliphatic heterocycles. The van der Waals surface area contributed by atoms with Crippen LogP contribution < -0.4 is 4.90 Å². The van der Waals surface area contributed by atoms with E-state index >= 15 is 0 Å². The topological polar surface area (TPSA) is 40.5 Å². The lowest BCUT2D eigenvalue weighted by Gasteiger charge is -2.23. The zero-order chi connectivity index (χ0) is 13.5. The summed E-state index contributed by atoms with van der Waals surface area (Å²) < 4.78 is 0. The van der Waals surface area contributed by atoms with Crippen molar-refractivity contribution in [2.24, 2.45) is 5.92 Å². The van der Waals surface area contributed by atoms with Crippen LogP contribution in [0.25, 0.3) is 0 Å². The monoisotopic (exact) mass is 269 g/mol. The second-order valence-corrected chi connectivity index (χ2v) is 5.27. The number of carboxylic acids is 1. The fraction of sp³-hybridized carbons (Fsp3) is 0.500. The number of aliphatic carboxylic acids is 1. The molecule has 100 valence electrons. The van der Waals surface area contributed by atoms with Gasteiger partial charge in [-0.1, -0.05) is 31.5 Å². The maximum absolute atomic E-state index is 10.9. The lowest BCUT2D eigenvalue weighted by Crippen LogP contribution is -2.30. The summed E-state index contributed by atoms with van der Waals surface area (Å²) in [4.78, 5) is 12.7. The highest BCUT2D eigenvalue weighted by atomic mass is 35.5. The first kappa shape index (κ1) is 14.8. The summed E-state index contributed by atoms with van der Waals surface area (Å²) in [6, 6.07) is 7.33. The van der Waals surface area contributed by atoms with Gasteiger partial charge in [-0.2, -0.15) is 0 Å². The molecule has 0 unspecified atom stereocenters. The highest BCUT2D eigenvalue weighted by Crippen LogP contribution is 2.20. The fourth-order valence-corrected chi connectivity index (χ4v) is 2.01. The van der Waals surface area contributed by atoms with Gasteiger partial charge in [-0.3, -0.25) is 4.79 Å². The van der Waals surface area contributed by atoms with Gasteiger partial charge in [-0.25, -0.2) is 0 Å². The molecule has 0 aromatic heterocycles. The number of hydrogen-bond acceptors (Lipinski definition) is 2. The van der Waals surface area contributed by atoms with Gasteiger partial charge in [-0.15, -0.1) is 0 Å². The third kappa shape index (κ3) is 5.41. The number of carboxylic acid groups (broad SMARTS) is 1. The Morgan fingerprint density at radius 2 is 2.17 bits per heavy atom. The van der Waals surface area contributed by atoms with Gasteiger partial charge in [-0.05, 0) is 37.0 Å². The summed E-state index contributed by atoms with van der Waals surface area (Å²) in [6.07, 6.45) is 2.08. The average Bonchev–Trinajstić information content (AvgIpc) is 2.26. The maximum atomic E-state index is 10.9. The molecule has 18 heavy (non-hydrogen) atoms. The van der Waals surface area contributed by atoms with Crippen LogP contribution >= 0.6 is 11.6 Å². The van der Waals surface area contributed by atoms with Crippen LogP contribution in [-0.2, 0) is 4.79 Å². The van der Waals surface area contributed by atoms with E-state index in [2.05, 4.69) is 13.8 Å². The predicted octanol–water partition coefficient (Wildman–Crippen LogP) is 3.67. The van der Waals surface area contributed by atoms with Crippen LogP contribution in [0.3, 0.4) is 0 Å². The van der Waals surface area contributed by atoms with Crippen LogP contribution in [0.15, 0.2) is 24.3 Å². The molecule has 1 aromatic carbocycles. The van der Waals surface area contributed by atoms with Crippen molar-refractivity contribution in [3.05, 3.63) is 29.3 Å². The predicted molar refractivity (Wildman–Crippen MR) is 75.4 cm³/mol. The second kappa shape index (κ2) is 7.27. The molecule has 0 saturated carbocycles. The van der Waals surface area contributed by atoms with Gasteiger partial charge in [0.1, 0.15) is 6.54 Å². The van der Waals surface area contributed by atoms with E-state index in [0.29, 0.717) is 10.9 Å². The number of carbonyl (C=O) groups is 1. The van der Waals surface area contributed by atoms with Gasteiger partial charge in [0.25, 0.3) is 0 Å². The first-order chi connectivity index (χ1) is 8.49. The number of halogens is 1. The standard InChI is InChI=1S/C14H20ClNO2/c1-11(2)5-4-8-16(10-14(17)18)13-7-3-6-12(15)9-13/h3,6-7,9,11H,4-5,8,10H2,1-2H3,(H,17,18). The van der Waals surface area contributed by atoms with Crippen molar-refractivity contribution in [3.8, 4) is 0 Å². The average molecular weight is 270 g/mol. The number of hydrogen-bond donors (Lipinski definition) is 1. The van der Waals surface area contributed by atoms with E-state index < -0.39 is 5.97 Å². The molecule has 0 bridgehead atoms. The zero-order valence-corrected chi connectivity index (χ0v) is 11.7. The minimum absolute atomic E-state index is 0.0123. The Morgan fingerprint density at radius 1 is 1.44 bits per heavy atom. The molecule has 3 nitrogen and oxygen atoms in total. The molecule has 0 saturated heterocycles. The fourth-order valence-electron chi connectivity index (χ4n) is 1.83. The Hall–Kier alpha value is -1.22. The van der Waals surface area contributed by atoms with Crippen molar-refractivity contribution < 1.29 is 9.90 Å². The summed E-state index contributed by atoms with van der Waals surface area (Å²) in [5.41, 5.74) is 0.869. The van der Waals surface area contributed by atoms with Gasteiger partial charge in [0, 0.05) is 17.3 Å². The smallest absolute Gasteiger partial charge is 0.323 e. The molecule has 0 aliphatic carbocycles. The molecule has 0 spiro atoms. The first-order valence-corrected chi connectivity index (χ1v) is 6.59. The van der Waals surface area contributed by atoms with E-state index in [0.717, 1.165) is 25.1 Å². The molecule has 4 heteroatoms. The van der Waals surface area contributed by atoms with E-state index in [-0.39, 0.29) is 6.54 Å². The van der Waals surface area contributed by atoms with Crippen LogP contribution in [0.4, 0.5) is 5.69 Å². The number of anilines is 1. The third-order valence-electron chi connectivity index (χ3n) is 2.71. The number of rotatable bonds is 7. The molecule has 0 amide bonds. The zero-order valence-electron chi connectivity index (χ0n) is 10.9. The van der Waals surface area contributed by atoms with Crippen molar-refractivity contribution in [3.63, 3.8) is 0 Å². The van der Waals surface area contributed by atoms with Gasteiger partial charge in [0.05, 0.1) is 0 Å². The molecule has 1 aromatic rings. The molecule has 0 aliphatic rings. The molecule has 1 N–H and O–H groups in total. The SMILES string of the molecule is CC(C)CCCN(CC(=O)O)c1cccc(Cl)c1. The Bertz CT molecular complexity index is 393. The van der Waals surface area contributed by atoms with Gasteiger partial charge >= 0.3 is 5.97 Å². The number of benzene rings is 1. The Balaban J connectivity index is 2.68. The minimum Gasteiger partial charge on any atom is -0.480 e. The van der Waals surface area contributed by atoms with Crippen LogP contribution in [-0.4, -0.2) is 24.2 Å².